The van der Waals surface area contributed by atoms with E-state index in [1.54, 1.807) is 0 Å². The van der Waals surface area contributed by atoms with Gasteiger partial charge in [-0.15, -0.1) is 0 Å². The molecule has 156 valence electrons. The van der Waals surface area contributed by atoms with Gasteiger partial charge in [-0.25, -0.2) is 0 Å². The Hall–Kier alpha value is -1.63. The van der Waals surface area contributed by atoms with Crippen LogP contribution in [0.1, 0.15) is 54.4 Å². The van der Waals surface area contributed by atoms with E-state index in [-0.39, 0.29) is 36.0 Å². The van der Waals surface area contributed by atoms with Gasteiger partial charge in [0, 0.05) is 42.4 Å². The van der Waals surface area contributed by atoms with E-state index >= 15 is 0 Å². The predicted molar refractivity (Wildman–Crippen MR) is 96.7 cm³/mol. The molecule has 5 aliphatic rings. The lowest BCUT2D eigenvalue weighted by molar-refractivity contribution is -0.246. The highest BCUT2D eigenvalue weighted by molar-refractivity contribution is 5.68. The van der Waals surface area contributed by atoms with Gasteiger partial charge in [0.15, 0.2) is 0 Å². The number of hydrogen-bond donors (Lipinski definition) is 1. The van der Waals surface area contributed by atoms with E-state index < -0.39 is 34.4 Å². The summed E-state index contributed by atoms with van der Waals surface area (Å²) in [5.41, 5.74) is -1.94. The van der Waals surface area contributed by atoms with Gasteiger partial charge >= 0.3 is 17.9 Å². The largest absolute Gasteiger partial charge is 0.465 e. The number of esters is 3. The second kappa shape index (κ2) is 5.49. The van der Waals surface area contributed by atoms with Crippen molar-refractivity contribution in [1.82, 2.24) is 0 Å². The van der Waals surface area contributed by atoms with E-state index in [2.05, 4.69) is 6.92 Å². The van der Waals surface area contributed by atoms with E-state index in [9.17, 15) is 19.5 Å². The van der Waals surface area contributed by atoms with Crippen LogP contribution in [0.3, 0.4) is 0 Å². The van der Waals surface area contributed by atoms with Crippen molar-refractivity contribution in [3.8, 4) is 0 Å². The van der Waals surface area contributed by atoms with Gasteiger partial charge in [0.25, 0.3) is 0 Å². The number of rotatable bonds is 4. The van der Waals surface area contributed by atoms with Crippen LogP contribution in [0.15, 0.2) is 0 Å². The molecule has 1 N–H and O–H groups in total. The molecule has 8 unspecified atom stereocenters. The minimum absolute atomic E-state index is 0.185. The number of carbonyl (C=O) groups excluding carboxylic acids is 3. The van der Waals surface area contributed by atoms with Gasteiger partial charge in [0.1, 0.15) is 12.2 Å². The van der Waals surface area contributed by atoms with Crippen LogP contribution in [0.5, 0.6) is 0 Å². The third-order valence-electron chi connectivity index (χ3n) is 8.74. The van der Waals surface area contributed by atoms with E-state index in [0.717, 1.165) is 6.42 Å². The molecule has 7 heteroatoms. The molecule has 5 saturated carbocycles. The second-order valence-electron chi connectivity index (χ2n) is 10.1. The van der Waals surface area contributed by atoms with Gasteiger partial charge < -0.3 is 19.3 Å². The molecule has 5 aliphatic carbocycles. The summed E-state index contributed by atoms with van der Waals surface area (Å²) in [7, 11) is 0. The van der Waals surface area contributed by atoms with Gasteiger partial charge in [-0.3, -0.25) is 14.4 Å². The standard InChI is InChI=1S/C21H30O7/c1-10(22)26-9-20-8-14(27-11(2)23)16(25)18(4,5)21(20)7-13-15(20)19(13,6)17(21)28-12(3)24/h13-17,25H,7-9H2,1-6H3. The Morgan fingerprint density at radius 2 is 1.57 bits per heavy atom. The molecular formula is C21H30O7. The summed E-state index contributed by atoms with van der Waals surface area (Å²) in [6.07, 6.45) is -0.731. The summed E-state index contributed by atoms with van der Waals surface area (Å²) < 4.78 is 17.0. The van der Waals surface area contributed by atoms with Crippen LogP contribution in [0.2, 0.25) is 0 Å². The Morgan fingerprint density at radius 1 is 0.964 bits per heavy atom. The van der Waals surface area contributed by atoms with Gasteiger partial charge in [0.2, 0.25) is 0 Å². The first-order valence-corrected chi connectivity index (χ1v) is 10.0. The summed E-state index contributed by atoms with van der Waals surface area (Å²) in [5, 5.41) is 11.2. The molecule has 0 aromatic rings. The minimum atomic E-state index is -0.903. The fourth-order valence-electron chi connectivity index (χ4n) is 8.00. The summed E-state index contributed by atoms with van der Waals surface area (Å²) in [6.45, 7) is 10.4. The lowest BCUT2D eigenvalue weighted by Gasteiger charge is -2.61. The van der Waals surface area contributed by atoms with E-state index in [1.165, 1.54) is 20.8 Å². The minimum Gasteiger partial charge on any atom is -0.465 e. The van der Waals surface area contributed by atoms with Crippen molar-refractivity contribution in [2.24, 2.45) is 33.5 Å². The molecule has 0 aliphatic heterocycles. The highest BCUT2D eigenvalue weighted by atomic mass is 16.6. The fraction of sp³-hybridized carbons (Fsp3) is 0.857. The SMILES string of the molecule is CC(=O)OCC12CC(OC(C)=O)C(O)C(C)(C)C13CC1C2C1(C)C3OC(C)=O. The van der Waals surface area contributed by atoms with Crippen molar-refractivity contribution in [3.05, 3.63) is 0 Å². The number of carbonyl (C=O) groups is 3. The number of aliphatic hydroxyl groups is 1. The third kappa shape index (κ3) is 1.96. The average molecular weight is 394 g/mol. The Kier molecular flexibility index (Phi) is 3.86. The summed E-state index contributed by atoms with van der Waals surface area (Å²) in [4.78, 5) is 35.4. The summed E-state index contributed by atoms with van der Waals surface area (Å²) >= 11 is 0. The Bertz CT molecular complexity index is 760. The van der Waals surface area contributed by atoms with Gasteiger partial charge in [0.05, 0.1) is 12.7 Å². The van der Waals surface area contributed by atoms with Crippen molar-refractivity contribution < 1.29 is 33.7 Å². The maximum atomic E-state index is 12.0. The first kappa shape index (κ1) is 19.7. The molecule has 7 nitrogen and oxygen atoms in total. The molecule has 5 rings (SSSR count). The zero-order chi connectivity index (χ0) is 20.9. The van der Waals surface area contributed by atoms with Crippen molar-refractivity contribution in [3.63, 3.8) is 0 Å². The van der Waals surface area contributed by atoms with Crippen LogP contribution in [-0.4, -0.2) is 47.9 Å². The molecule has 0 aromatic carbocycles. The van der Waals surface area contributed by atoms with Crippen LogP contribution >= 0.6 is 0 Å². The van der Waals surface area contributed by atoms with Gasteiger partial charge in [-0.2, -0.15) is 0 Å². The topological polar surface area (TPSA) is 99.1 Å². The number of ether oxygens (including phenoxy) is 3. The molecule has 8 atom stereocenters. The van der Waals surface area contributed by atoms with Crippen molar-refractivity contribution in [2.45, 2.75) is 72.7 Å². The summed E-state index contributed by atoms with van der Waals surface area (Å²) in [5.74, 6) is -0.608. The molecule has 5 fully saturated rings. The molecule has 0 saturated heterocycles. The first-order valence-electron chi connectivity index (χ1n) is 10.0. The van der Waals surface area contributed by atoms with Crippen molar-refractivity contribution in [1.29, 1.82) is 0 Å². The lowest BCUT2D eigenvalue weighted by atomic mass is 9.46. The molecule has 0 heterocycles. The van der Waals surface area contributed by atoms with Crippen LogP contribution in [-0.2, 0) is 28.6 Å². The van der Waals surface area contributed by atoms with Gasteiger partial charge in [-0.1, -0.05) is 20.8 Å². The third-order valence-corrected chi connectivity index (χ3v) is 8.74. The Labute approximate surface area is 165 Å². The molecular weight excluding hydrogens is 364 g/mol. The fourth-order valence-corrected chi connectivity index (χ4v) is 8.00. The maximum absolute atomic E-state index is 12.0. The van der Waals surface area contributed by atoms with E-state index in [1.807, 2.05) is 13.8 Å². The molecule has 1 spiro atoms. The normalized spacial score (nSPS) is 49.2. The lowest BCUT2D eigenvalue weighted by Crippen LogP contribution is -2.66. The zero-order valence-corrected chi connectivity index (χ0v) is 17.4. The van der Waals surface area contributed by atoms with Crippen LogP contribution in [0, 0.1) is 33.5 Å². The monoisotopic (exact) mass is 394 g/mol. The molecule has 4 bridgehead atoms. The van der Waals surface area contributed by atoms with Gasteiger partial charge in [-0.05, 0) is 24.7 Å². The highest BCUT2D eigenvalue weighted by Crippen LogP contribution is 2.95. The van der Waals surface area contributed by atoms with Crippen molar-refractivity contribution >= 4 is 17.9 Å². The molecule has 0 amide bonds. The van der Waals surface area contributed by atoms with Crippen LogP contribution in [0.4, 0.5) is 0 Å². The number of aliphatic hydroxyl groups excluding tert-OH is 1. The molecule has 28 heavy (non-hydrogen) atoms. The van der Waals surface area contributed by atoms with Crippen LogP contribution in [0.25, 0.3) is 0 Å². The van der Waals surface area contributed by atoms with Crippen molar-refractivity contribution in [2.75, 3.05) is 6.61 Å². The quantitative estimate of drug-likeness (QED) is 0.574. The van der Waals surface area contributed by atoms with E-state index in [0.29, 0.717) is 12.3 Å². The Morgan fingerprint density at radius 3 is 2.11 bits per heavy atom. The molecule has 0 radical (unpaired) electrons. The number of hydrogen-bond acceptors (Lipinski definition) is 7. The smallest absolute Gasteiger partial charge is 0.302 e. The Balaban J connectivity index is 1.86. The second-order valence-corrected chi connectivity index (χ2v) is 10.1. The zero-order valence-electron chi connectivity index (χ0n) is 17.4. The van der Waals surface area contributed by atoms with Crippen LogP contribution < -0.4 is 0 Å². The molecule has 0 aromatic heterocycles. The maximum Gasteiger partial charge on any atom is 0.302 e. The predicted octanol–water partition coefficient (Wildman–Crippen LogP) is 1.85. The summed E-state index contributed by atoms with van der Waals surface area (Å²) in [6, 6.07) is 0. The first-order chi connectivity index (χ1) is 12.9. The highest BCUT2D eigenvalue weighted by Gasteiger charge is 2.96. The van der Waals surface area contributed by atoms with E-state index in [4.69, 9.17) is 14.2 Å². The average Bonchev–Trinajstić information content (AvgIpc) is 2.81.